The molecule has 0 atom stereocenters. The lowest BCUT2D eigenvalue weighted by atomic mass is 9.99. The van der Waals surface area contributed by atoms with E-state index in [0.29, 0.717) is 21.5 Å². The van der Waals surface area contributed by atoms with E-state index in [1.165, 1.54) is 17.0 Å². The van der Waals surface area contributed by atoms with E-state index in [9.17, 15) is 13.2 Å². The molecule has 0 bridgehead atoms. The third kappa shape index (κ3) is 3.91. The molecule has 0 aliphatic rings. The number of hydrogen-bond donors (Lipinski definition) is 0. The fraction of sp³-hybridized carbons (Fsp3) is 0.250. The Kier molecular flexibility index (Phi) is 5.77. The summed E-state index contributed by atoms with van der Waals surface area (Å²) in [6, 6.07) is 9.45. The Balaban J connectivity index is 2.41. The maximum absolute atomic E-state index is 14.3. The molecule has 28 heavy (non-hydrogen) atoms. The largest absolute Gasteiger partial charge is 0.453 e. The van der Waals surface area contributed by atoms with Crippen LogP contribution in [0.2, 0.25) is 5.02 Å². The maximum atomic E-state index is 14.3. The van der Waals surface area contributed by atoms with Crippen LogP contribution in [0.25, 0.3) is 10.9 Å². The Morgan fingerprint density at radius 3 is 2.29 bits per heavy atom. The molecule has 148 valence electrons. The summed E-state index contributed by atoms with van der Waals surface area (Å²) in [7, 11) is 3.26. The molecule has 0 aliphatic heterocycles. The number of anilines is 1. The molecule has 0 spiro atoms. The molecular formula is C20H17BrClF3N2O. The lowest BCUT2D eigenvalue weighted by Crippen LogP contribution is -2.17. The van der Waals surface area contributed by atoms with Crippen LogP contribution in [0, 0.1) is 0 Å². The molecule has 0 amide bonds. The van der Waals surface area contributed by atoms with Gasteiger partial charge in [0.15, 0.2) is 11.6 Å². The predicted octanol–water partition coefficient (Wildman–Crippen LogP) is 7.09. The number of rotatable bonds is 4. The average Bonchev–Trinajstić information content (AvgIpc) is 2.61. The summed E-state index contributed by atoms with van der Waals surface area (Å²) in [5, 5.41) is 0.504. The number of alkyl halides is 3. The van der Waals surface area contributed by atoms with Crippen molar-refractivity contribution in [2.75, 3.05) is 19.0 Å². The van der Waals surface area contributed by atoms with E-state index < -0.39 is 11.7 Å². The first kappa shape index (κ1) is 20.7. The van der Waals surface area contributed by atoms with Gasteiger partial charge in [0.2, 0.25) is 0 Å². The minimum Gasteiger partial charge on any atom is -0.453 e. The van der Waals surface area contributed by atoms with Crippen molar-refractivity contribution in [3.05, 3.63) is 57.0 Å². The van der Waals surface area contributed by atoms with E-state index in [1.54, 1.807) is 45.3 Å². The van der Waals surface area contributed by atoms with Gasteiger partial charge in [0.25, 0.3) is 0 Å². The SMILES string of the molecule is CCc1c(Br)ccc2nc(N(C)C)c(Oc3ccc(Cl)cc3)c(C(F)(F)F)c12. The number of aryl methyl sites for hydroxylation is 1. The number of nitrogens with zero attached hydrogens (tertiary/aromatic N) is 2. The highest BCUT2D eigenvalue weighted by molar-refractivity contribution is 9.10. The quantitative estimate of drug-likeness (QED) is 0.404. The molecule has 0 fully saturated rings. The lowest BCUT2D eigenvalue weighted by molar-refractivity contribution is -0.137. The van der Waals surface area contributed by atoms with Gasteiger partial charge in [0.1, 0.15) is 11.3 Å². The molecule has 0 aliphatic carbocycles. The average molecular weight is 474 g/mol. The minimum absolute atomic E-state index is 0.0407. The Bertz CT molecular complexity index is 1020. The summed E-state index contributed by atoms with van der Waals surface area (Å²) in [6.45, 7) is 1.80. The molecule has 0 saturated carbocycles. The zero-order chi connectivity index (χ0) is 20.6. The Hall–Kier alpha value is -1.99. The van der Waals surface area contributed by atoms with Crippen LogP contribution >= 0.6 is 27.5 Å². The van der Waals surface area contributed by atoms with Gasteiger partial charge in [0.05, 0.1) is 5.52 Å². The third-order valence-corrected chi connectivity index (χ3v) is 5.23. The third-order valence-electron chi connectivity index (χ3n) is 4.23. The van der Waals surface area contributed by atoms with Gasteiger partial charge in [-0.1, -0.05) is 34.5 Å². The van der Waals surface area contributed by atoms with E-state index in [2.05, 4.69) is 20.9 Å². The second-order valence-electron chi connectivity index (χ2n) is 6.36. The van der Waals surface area contributed by atoms with Crippen molar-refractivity contribution in [3.63, 3.8) is 0 Å². The number of halogens is 5. The standard InChI is InChI=1S/C20H17BrClF3N2O/c1-4-13-14(21)9-10-15-16(13)17(20(23,24)25)18(19(26-15)27(2)3)28-12-7-5-11(22)6-8-12/h5-10H,4H2,1-3H3. The maximum Gasteiger partial charge on any atom is 0.420 e. The van der Waals surface area contributed by atoms with Crippen LogP contribution in [0.1, 0.15) is 18.1 Å². The summed E-state index contributed by atoms with van der Waals surface area (Å²) in [4.78, 5) is 5.97. The van der Waals surface area contributed by atoms with Crippen molar-refractivity contribution in [2.24, 2.45) is 0 Å². The predicted molar refractivity (Wildman–Crippen MR) is 110 cm³/mol. The van der Waals surface area contributed by atoms with Crippen molar-refractivity contribution in [2.45, 2.75) is 19.5 Å². The van der Waals surface area contributed by atoms with E-state index in [-0.39, 0.29) is 28.2 Å². The van der Waals surface area contributed by atoms with Crippen molar-refractivity contribution < 1.29 is 17.9 Å². The summed E-state index contributed by atoms with van der Waals surface area (Å²) >= 11 is 9.24. The fourth-order valence-corrected chi connectivity index (χ4v) is 3.75. The molecule has 0 N–H and O–H groups in total. The number of aromatic nitrogens is 1. The van der Waals surface area contributed by atoms with Crippen molar-refractivity contribution in [3.8, 4) is 11.5 Å². The molecule has 1 aromatic heterocycles. The van der Waals surface area contributed by atoms with Crippen LogP contribution in [-0.2, 0) is 12.6 Å². The lowest BCUT2D eigenvalue weighted by Gasteiger charge is -2.24. The van der Waals surface area contributed by atoms with Crippen LogP contribution < -0.4 is 9.64 Å². The minimum atomic E-state index is -4.64. The van der Waals surface area contributed by atoms with Crippen LogP contribution in [0.5, 0.6) is 11.5 Å². The highest BCUT2D eigenvalue weighted by atomic mass is 79.9. The molecule has 8 heteroatoms. The first-order valence-corrected chi connectivity index (χ1v) is 9.63. The monoisotopic (exact) mass is 472 g/mol. The smallest absolute Gasteiger partial charge is 0.420 e. The van der Waals surface area contributed by atoms with Gasteiger partial charge in [-0.15, -0.1) is 0 Å². The van der Waals surface area contributed by atoms with Gasteiger partial charge in [0, 0.05) is 29.0 Å². The number of fused-ring (bicyclic) bond motifs is 1. The van der Waals surface area contributed by atoms with Crippen LogP contribution in [0.3, 0.4) is 0 Å². The van der Waals surface area contributed by atoms with E-state index in [1.807, 2.05) is 0 Å². The molecule has 0 radical (unpaired) electrons. The van der Waals surface area contributed by atoms with E-state index in [0.717, 1.165) is 0 Å². The van der Waals surface area contributed by atoms with Gasteiger partial charge >= 0.3 is 6.18 Å². The topological polar surface area (TPSA) is 25.4 Å². The summed E-state index contributed by atoms with van der Waals surface area (Å²) in [5.41, 5.74) is -0.0441. The van der Waals surface area contributed by atoms with Crippen LogP contribution in [-0.4, -0.2) is 19.1 Å². The van der Waals surface area contributed by atoms with Crippen LogP contribution in [0.15, 0.2) is 40.9 Å². The normalized spacial score (nSPS) is 11.7. The zero-order valence-corrected chi connectivity index (χ0v) is 17.7. The Labute approximate surface area is 174 Å². The highest BCUT2D eigenvalue weighted by Gasteiger charge is 2.40. The molecule has 3 aromatic rings. The summed E-state index contributed by atoms with van der Waals surface area (Å²) in [5.74, 6) is 0.00599. The number of benzene rings is 2. The van der Waals surface area contributed by atoms with Gasteiger partial charge in [-0.2, -0.15) is 13.2 Å². The Morgan fingerprint density at radius 1 is 1.11 bits per heavy atom. The first-order valence-electron chi connectivity index (χ1n) is 8.46. The molecule has 3 nitrogen and oxygen atoms in total. The second kappa shape index (κ2) is 7.79. The van der Waals surface area contributed by atoms with Gasteiger partial charge in [-0.05, 0) is 48.4 Å². The van der Waals surface area contributed by atoms with E-state index >= 15 is 0 Å². The number of ether oxygens (including phenoxy) is 1. The molecule has 1 heterocycles. The fourth-order valence-electron chi connectivity index (χ4n) is 3.01. The summed E-state index contributed by atoms with van der Waals surface area (Å²) in [6.07, 6.45) is -4.23. The van der Waals surface area contributed by atoms with Gasteiger partial charge in [-0.25, -0.2) is 4.98 Å². The number of hydrogen-bond acceptors (Lipinski definition) is 3. The number of pyridine rings is 1. The van der Waals surface area contributed by atoms with Crippen LogP contribution in [0.4, 0.5) is 19.0 Å². The van der Waals surface area contributed by atoms with Crippen molar-refractivity contribution in [1.82, 2.24) is 4.98 Å². The zero-order valence-electron chi connectivity index (χ0n) is 15.4. The molecule has 0 saturated heterocycles. The molecule has 3 rings (SSSR count). The highest BCUT2D eigenvalue weighted by Crippen LogP contribution is 2.48. The second-order valence-corrected chi connectivity index (χ2v) is 7.65. The van der Waals surface area contributed by atoms with Gasteiger partial charge < -0.3 is 9.64 Å². The van der Waals surface area contributed by atoms with Crippen molar-refractivity contribution >= 4 is 44.3 Å². The summed E-state index contributed by atoms with van der Waals surface area (Å²) < 4.78 is 49.2. The molecule has 0 unspecified atom stereocenters. The Morgan fingerprint density at radius 2 is 1.75 bits per heavy atom. The van der Waals surface area contributed by atoms with E-state index in [4.69, 9.17) is 16.3 Å². The van der Waals surface area contributed by atoms with Crippen molar-refractivity contribution in [1.29, 1.82) is 0 Å². The molecule has 2 aromatic carbocycles. The first-order chi connectivity index (χ1) is 13.1. The van der Waals surface area contributed by atoms with Gasteiger partial charge in [-0.3, -0.25) is 0 Å². The molecular weight excluding hydrogens is 457 g/mol.